The maximum atomic E-state index is 11.9. The second kappa shape index (κ2) is 6.33. The number of nitrogens with one attached hydrogen (secondary N) is 1. The summed E-state index contributed by atoms with van der Waals surface area (Å²) in [5.41, 5.74) is 1.95. The first kappa shape index (κ1) is 13.5. The van der Waals surface area contributed by atoms with Crippen molar-refractivity contribution in [2.75, 3.05) is 18.4 Å². The van der Waals surface area contributed by atoms with E-state index < -0.39 is 0 Å². The van der Waals surface area contributed by atoms with Crippen LogP contribution in [-0.2, 0) is 0 Å². The number of hydrogen-bond acceptors (Lipinski definition) is 3. The fourth-order valence-corrected chi connectivity index (χ4v) is 2.46. The minimum absolute atomic E-state index is 0.0982. The molecule has 1 aromatic heterocycles. The van der Waals surface area contributed by atoms with Gasteiger partial charge >= 0.3 is 6.03 Å². The highest BCUT2D eigenvalue weighted by atomic mass is 32.1. The molecular formula is C14H17N3OS. The molecule has 0 saturated heterocycles. The van der Waals surface area contributed by atoms with Crippen molar-refractivity contribution in [2.45, 2.75) is 13.8 Å². The lowest BCUT2D eigenvalue weighted by molar-refractivity contribution is 0.217. The molecule has 0 aliphatic carbocycles. The van der Waals surface area contributed by atoms with E-state index in [0.717, 1.165) is 11.3 Å². The number of rotatable bonds is 4. The van der Waals surface area contributed by atoms with Crippen LogP contribution in [0.2, 0.25) is 0 Å². The molecule has 0 atom stereocenters. The number of carbonyl (C=O) groups is 1. The zero-order valence-corrected chi connectivity index (χ0v) is 11.9. The first-order chi connectivity index (χ1) is 9.24. The van der Waals surface area contributed by atoms with Gasteiger partial charge < -0.3 is 4.90 Å². The molecule has 2 aromatic rings. The average Bonchev–Trinajstić information content (AvgIpc) is 2.89. The van der Waals surface area contributed by atoms with E-state index >= 15 is 0 Å². The summed E-state index contributed by atoms with van der Waals surface area (Å²) in [6.07, 6.45) is 0. The van der Waals surface area contributed by atoms with Crippen molar-refractivity contribution in [3.8, 4) is 11.3 Å². The molecule has 1 N–H and O–H groups in total. The summed E-state index contributed by atoms with van der Waals surface area (Å²) in [4.78, 5) is 18.1. The third-order valence-electron chi connectivity index (χ3n) is 2.84. The Labute approximate surface area is 117 Å². The summed E-state index contributed by atoms with van der Waals surface area (Å²) in [7, 11) is 0. The fourth-order valence-electron chi connectivity index (χ4n) is 1.75. The van der Waals surface area contributed by atoms with E-state index in [1.54, 1.807) is 4.90 Å². The Hall–Kier alpha value is -1.88. The largest absolute Gasteiger partial charge is 0.325 e. The van der Waals surface area contributed by atoms with Crippen molar-refractivity contribution in [1.82, 2.24) is 9.88 Å². The molecule has 0 aliphatic rings. The number of hydrogen-bond donors (Lipinski definition) is 1. The van der Waals surface area contributed by atoms with Crippen LogP contribution >= 0.6 is 11.3 Å². The van der Waals surface area contributed by atoms with Gasteiger partial charge in [-0.3, -0.25) is 5.32 Å². The molecule has 0 saturated carbocycles. The quantitative estimate of drug-likeness (QED) is 0.925. The summed E-state index contributed by atoms with van der Waals surface area (Å²) in [5.74, 6) is 0. The van der Waals surface area contributed by atoms with E-state index in [4.69, 9.17) is 0 Å². The van der Waals surface area contributed by atoms with Crippen LogP contribution in [0.4, 0.5) is 9.93 Å². The first-order valence-electron chi connectivity index (χ1n) is 6.31. The number of amides is 2. The van der Waals surface area contributed by atoms with Crippen LogP contribution in [0, 0.1) is 0 Å². The van der Waals surface area contributed by atoms with Gasteiger partial charge in [0.15, 0.2) is 5.13 Å². The number of urea groups is 1. The van der Waals surface area contributed by atoms with Crippen LogP contribution in [0.3, 0.4) is 0 Å². The molecule has 5 heteroatoms. The van der Waals surface area contributed by atoms with Crippen molar-refractivity contribution in [3.05, 3.63) is 35.7 Å². The Morgan fingerprint density at radius 1 is 1.26 bits per heavy atom. The number of thiazole rings is 1. The van der Waals surface area contributed by atoms with E-state index in [2.05, 4.69) is 10.3 Å². The average molecular weight is 275 g/mol. The lowest BCUT2D eigenvalue weighted by Crippen LogP contribution is -2.34. The van der Waals surface area contributed by atoms with Gasteiger partial charge in [-0.25, -0.2) is 9.78 Å². The highest BCUT2D eigenvalue weighted by Gasteiger charge is 2.12. The monoisotopic (exact) mass is 275 g/mol. The van der Waals surface area contributed by atoms with Gasteiger partial charge in [-0.1, -0.05) is 30.3 Å². The van der Waals surface area contributed by atoms with E-state index in [0.29, 0.717) is 18.2 Å². The molecule has 0 radical (unpaired) electrons. The Balaban J connectivity index is 2.08. The normalized spacial score (nSPS) is 10.2. The van der Waals surface area contributed by atoms with Crippen LogP contribution < -0.4 is 5.32 Å². The topological polar surface area (TPSA) is 45.2 Å². The van der Waals surface area contributed by atoms with E-state index in [-0.39, 0.29) is 6.03 Å². The molecular weight excluding hydrogens is 258 g/mol. The van der Waals surface area contributed by atoms with Gasteiger partial charge in [0.25, 0.3) is 0 Å². The van der Waals surface area contributed by atoms with Gasteiger partial charge in [0.2, 0.25) is 0 Å². The maximum Gasteiger partial charge on any atom is 0.323 e. The molecule has 2 rings (SSSR count). The molecule has 0 spiro atoms. The van der Waals surface area contributed by atoms with Crippen molar-refractivity contribution >= 4 is 22.5 Å². The van der Waals surface area contributed by atoms with E-state index in [1.165, 1.54) is 11.3 Å². The zero-order valence-electron chi connectivity index (χ0n) is 11.1. The Kier molecular flexibility index (Phi) is 4.52. The minimum Gasteiger partial charge on any atom is -0.325 e. The SMILES string of the molecule is CCN(CC)C(=O)Nc1nc(-c2ccccc2)cs1. The summed E-state index contributed by atoms with van der Waals surface area (Å²) in [6.45, 7) is 5.30. The smallest absolute Gasteiger partial charge is 0.323 e. The highest BCUT2D eigenvalue weighted by Crippen LogP contribution is 2.24. The Morgan fingerprint density at radius 2 is 1.95 bits per heavy atom. The number of carbonyl (C=O) groups excluding carboxylic acids is 1. The second-order valence-electron chi connectivity index (χ2n) is 4.01. The fraction of sp³-hybridized carbons (Fsp3) is 0.286. The minimum atomic E-state index is -0.0982. The Morgan fingerprint density at radius 3 is 2.58 bits per heavy atom. The number of benzene rings is 1. The predicted molar refractivity (Wildman–Crippen MR) is 79.5 cm³/mol. The van der Waals surface area contributed by atoms with E-state index in [1.807, 2.05) is 49.6 Å². The van der Waals surface area contributed by atoms with Crippen molar-refractivity contribution < 1.29 is 4.79 Å². The van der Waals surface area contributed by atoms with Crippen molar-refractivity contribution in [3.63, 3.8) is 0 Å². The van der Waals surface area contributed by atoms with Crippen LogP contribution in [0.15, 0.2) is 35.7 Å². The molecule has 100 valence electrons. The van der Waals surface area contributed by atoms with Crippen LogP contribution in [-0.4, -0.2) is 29.0 Å². The number of nitrogens with zero attached hydrogens (tertiary/aromatic N) is 2. The lowest BCUT2D eigenvalue weighted by Gasteiger charge is -2.17. The molecule has 0 unspecified atom stereocenters. The molecule has 2 amide bonds. The lowest BCUT2D eigenvalue weighted by atomic mass is 10.2. The van der Waals surface area contributed by atoms with Gasteiger partial charge in [-0.15, -0.1) is 11.3 Å². The summed E-state index contributed by atoms with van der Waals surface area (Å²) >= 11 is 1.44. The summed E-state index contributed by atoms with van der Waals surface area (Å²) in [6, 6.07) is 9.83. The highest BCUT2D eigenvalue weighted by molar-refractivity contribution is 7.14. The molecule has 0 fully saturated rings. The van der Waals surface area contributed by atoms with Crippen LogP contribution in [0.1, 0.15) is 13.8 Å². The summed E-state index contributed by atoms with van der Waals surface area (Å²) < 4.78 is 0. The van der Waals surface area contributed by atoms with Gasteiger partial charge in [-0.05, 0) is 13.8 Å². The van der Waals surface area contributed by atoms with Gasteiger partial charge in [0.05, 0.1) is 5.69 Å². The molecule has 1 heterocycles. The van der Waals surface area contributed by atoms with E-state index in [9.17, 15) is 4.79 Å². The molecule has 19 heavy (non-hydrogen) atoms. The Bertz CT molecular complexity index is 535. The predicted octanol–water partition coefficient (Wildman–Crippen LogP) is 3.68. The van der Waals surface area contributed by atoms with Crippen LogP contribution in [0.5, 0.6) is 0 Å². The first-order valence-corrected chi connectivity index (χ1v) is 7.19. The summed E-state index contributed by atoms with van der Waals surface area (Å²) in [5, 5.41) is 5.41. The van der Waals surface area contributed by atoms with Gasteiger partial charge in [0, 0.05) is 24.0 Å². The van der Waals surface area contributed by atoms with Gasteiger partial charge in [0.1, 0.15) is 0 Å². The molecule has 0 aliphatic heterocycles. The number of anilines is 1. The zero-order chi connectivity index (χ0) is 13.7. The molecule has 4 nitrogen and oxygen atoms in total. The second-order valence-corrected chi connectivity index (χ2v) is 4.86. The van der Waals surface area contributed by atoms with Crippen molar-refractivity contribution in [1.29, 1.82) is 0 Å². The van der Waals surface area contributed by atoms with Crippen molar-refractivity contribution in [2.24, 2.45) is 0 Å². The van der Waals surface area contributed by atoms with Gasteiger partial charge in [-0.2, -0.15) is 0 Å². The maximum absolute atomic E-state index is 11.9. The third kappa shape index (κ3) is 3.32. The third-order valence-corrected chi connectivity index (χ3v) is 3.60. The molecule has 0 bridgehead atoms. The standard InChI is InChI=1S/C14H17N3OS/c1-3-17(4-2)14(18)16-13-15-12(10-19-13)11-8-6-5-7-9-11/h5-10H,3-4H2,1-2H3,(H,15,16,18). The number of aromatic nitrogens is 1. The molecule has 1 aromatic carbocycles. The van der Waals surface area contributed by atoms with Crippen LogP contribution in [0.25, 0.3) is 11.3 Å².